The van der Waals surface area contributed by atoms with Crippen LogP contribution in [0.5, 0.6) is 0 Å². The zero-order chi connectivity index (χ0) is 39.7. The van der Waals surface area contributed by atoms with Crippen LogP contribution in [0.25, 0.3) is 75.1 Å². The lowest BCUT2D eigenvalue weighted by Crippen LogP contribution is -2.10. The Morgan fingerprint density at radius 3 is 1.63 bits per heavy atom. The molecule has 10 rings (SSSR count). The Hall–Kier alpha value is -6.48. The summed E-state index contributed by atoms with van der Waals surface area (Å²) in [6.07, 6.45) is 0. The van der Waals surface area contributed by atoms with Gasteiger partial charge >= 0.3 is 0 Å². The number of hydrogen-bond acceptors (Lipinski definition) is 2. The Bertz CT molecular complexity index is 3230. The van der Waals surface area contributed by atoms with Gasteiger partial charge in [0, 0.05) is 26.8 Å². The van der Waals surface area contributed by atoms with Crippen LogP contribution in [0.15, 0.2) is 200 Å². The van der Waals surface area contributed by atoms with E-state index in [4.69, 9.17) is 8.22 Å². The molecule has 1 aromatic heterocycles. The van der Waals surface area contributed by atoms with Crippen molar-refractivity contribution >= 4 is 70.1 Å². The van der Waals surface area contributed by atoms with E-state index < -0.39 is 0 Å². The SMILES string of the molecule is [2H]c1c([2H])c(-c2ccc(N(c3ccc(-c4cccc5ccccc45)cc3)c3cccc4c3sc3ccccc34)cc2)c2c([2H])c([2H])c([2H])c(-c3ccccc3)c2c1[2H]. The molecule has 52 heavy (non-hydrogen) atoms. The predicted molar refractivity (Wildman–Crippen MR) is 225 cm³/mol. The summed E-state index contributed by atoms with van der Waals surface area (Å²) in [5.41, 5.74) is 6.96. The molecule has 1 heterocycles. The van der Waals surface area contributed by atoms with Crippen LogP contribution in [0.3, 0.4) is 0 Å². The highest BCUT2D eigenvalue weighted by atomic mass is 32.1. The van der Waals surface area contributed by atoms with Crippen LogP contribution in [-0.4, -0.2) is 0 Å². The van der Waals surface area contributed by atoms with Crippen LogP contribution in [-0.2, 0) is 0 Å². The molecular weight excluding hydrogens is 647 g/mol. The molecule has 0 bridgehead atoms. The number of anilines is 3. The standard InChI is InChI=1S/C50H33NS/c1-2-12-34(13-3-1)42-19-9-22-45-43(20-10-21-44(42)45)37-28-32-39(33-29-37)51(48-24-11-23-47-46-17-6-7-25-49(46)52-50(47)48)38-30-26-36(27-31-38)41-18-8-15-35-14-4-5-16-40(35)41/h1-33H/i9D,10D,19D,20D,21D,22D. The average molecular weight is 686 g/mol. The van der Waals surface area contributed by atoms with E-state index in [1.807, 2.05) is 54.6 Å². The molecule has 0 N–H and O–H groups in total. The fourth-order valence-corrected chi connectivity index (χ4v) is 8.56. The van der Waals surface area contributed by atoms with Gasteiger partial charge in [0.05, 0.1) is 18.6 Å². The monoisotopic (exact) mass is 685 g/mol. The van der Waals surface area contributed by atoms with E-state index in [1.165, 1.54) is 26.2 Å². The fraction of sp³-hybridized carbons (Fsp3) is 0. The van der Waals surface area contributed by atoms with Crippen molar-refractivity contribution in [3.63, 3.8) is 0 Å². The Morgan fingerprint density at radius 1 is 0.385 bits per heavy atom. The molecule has 0 saturated carbocycles. The maximum atomic E-state index is 9.14. The highest BCUT2D eigenvalue weighted by Crippen LogP contribution is 2.45. The summed E-state index contributed by atoms with van der Waals surface area (Å²) in [6, 6.07) is 53.8. The van der Waals surface area contributed by atoms with Gasteiger partial charge in [-0.3, -0.25) is 0 Å². The molecular formula is C50H33NS. The summed E-state index contributed by atoms with van der Waals surface area (Å²) >= 11 is 1.76. The maximum absolute atomic E-state index is 9.14. The number of nitrogens with zero attached hydrogens (tertiary/aromatic N) is 1. The highest BCUT2D eigenvalue weighted by Gasteiger charge is 2.19. The largest absolute Gasteiger partial charge is 0.309 e. The Kier molecular flexibility index (Phi) is 6.01. The lowest BCUT2D eigenvalue weighted by Gasteiger charge is -2.26. The third kappa shape index (κ3) is 5.16. The van der Waals surface area contributed by atoms with Crippen molar-refractivity contribution < 1.29 is 8.22 Å². The quantitative estimate of drug-likeness (QED) is 0.168. The Morgan fingerprint density at radius 2 is 0.923 bits per heavy atom. The molecule has 1 nitrogen and oxygen atoms in total. The molecule has 0 saturated heterocycles. The molecule has 0 amide bonds. The van der Waals surface area contributed by atoms with Crippen LogP contribution < -0.4 is 4.90 Å². The van der Waals surface area contributed by atoms with E-state index in [9.17, 15) is 0 Å². The molecule has 0 unspecified atom stereocenters. The topological polar surface area (TPSA) is 3.24 Å². The minimum absolute atomic E-state index is 0.173. The molecule has 0 fully saturated rings. The Balaban J connectivity index is 1.16. The molecule has 0 spiro atoms. The van der Waals surface area contributed by atoms with Gasteiger partial charge in [-0.25, -0.2) is 0 Å². The predicted octanol–water partition coefficient (Wildman–Crippen LogP) is 14.8. The first-order chi connectivity index (χ1) is 28.3. The Labute approximate surface area is 315 Å². The summed E-state index contributed by atoms with van der Waals surface area (Å²) < 4.78 is 56.2. The van der Waals surface area contributed by atoms with Crippen molar-refractivity contribution in [2.75, 3.05) is 4.90 Å². The molecule has 0 atom stereocenters. The van der Waals surface area contributed by atoms with Gasteiger partial charge in [0.25, 0.3) is 0 Å². The lowest BCUT2D eigenvalue weighted by molar-refractivity contribution is 1.30. The van der Waals surface area contributed by atoms with Gasteiger partial charge in [-0.15, -0.1) is 11.3 Å². The van der Waals surface area contributed by atoms with Crippen molar-refractivity contribution in [3.8, 4) is 33.4 Å². The number of rotatable bonds is 6. The molecule has 0 aliphatic carbocycles. The van der Waals surface area contributed by atoms with E-state index in [0.29, 0.717) is 22.3 Å². The molecule has 0 aliphatic rings. The van der Waals surface area contributed by atoms with Gasteiger partial charge in [0.15, 0.2) is 0 Å². The van der Waals surface area contributed by atoms with Crippen molar-refractivity contribution in [2.45, 2.75) is 0 Å². The average Bonchev–Trinajstić information content (AvgIpc) is 3.66. The zero-order valence-electron chi connectivity index (χ0n) is 33.9. The van der Waals surface area contributed by atoms with Gasteiger partial charge in [-0.1, -0.05) is 164 Å². The van der Waals surface area contributed by atoms with Gasteiger partial charge in [-0.2, -0.15) is 0 Å². The fourth-order valence-electron chi connectivity index (χ4n) is 7.36. The van der Waals surface area contributed by atoms with Crippen molar-refractivity contribution in [1.82, 2.24) is 0 Å². The van der Waals surface area contributed by atoms with Gasteiger partial charge in [-0.05, 0) is 91.3 Å². The first kappa shape index (κ1) is 24.6. The maximum Gasteiger partial charge on any atom is 0.0640 e. The number of hydrogen-bond donors (Lipinski definition) is 0. The number of fused-ring (bicyclic) bond motifs is 5. The van der Waals surface area contributed by atoms with E-state index in [-0.39, 0.29) is 47.0 Å². The second-order valence-corrected chi connectivity index (χ2v) is 13.9. The van der Waals surface area contributed by atoms with E-state index in [0.717, 1.165) is 32.9 Å². The first-order valence-corrected chi connectivity index (χ1v) is 18.1. The second kappa shape index (κ2) is 12.7. The van der Waals surface area contributed by atoms with Crippen molar-refractivity contribution in [2.24, 2.45) is 0 Å². The van der Waals surface area contributed by atoms with Gasteiger partial charge in [0.2, 0.25) is 0 Å². The van der Waals surface area contributed by atoms with Crippen LogP contribution in [0.2, 0.25) is 0 Å². The first-order valence-electron chi connectivity index (χ1n) is 20.3. The normalized spacial score (nSPS) is 13.1. The van der Waals surface area contributed by atoms with Crippen LogP contribution >= 0.6 is 11.3 Å². The van der Waals surface area contributed by atoms with Crippen LogP contribution in [0.1, 0.15) is 8.22 Å². The van der Waals surface area contributed by atoms with Crippen molar-refractivity contribution in [3.05, 3.63) is 200 Å². The molecule has 9 aromatic carbocycles. The minimum Gasteiger partial charge on any atom is -0.309 e. The molecule has 0 radical (unpaired) electrons. The summed E-state index contributed by atoms with van der Waals surface area (Å²) in [5.74, 6) is 0. The summed E-state index contributed by atoms with van der Waals surface area (Å²) in [5, 5.41) is 5.23. The number of benzene rings is 9. The highest BCUT2D eigenvalue weighted by molar-refractivity contribution is 7.26. The summed E-state index contributed by atoms with van der Waals surface area (Å²) in [6.45, 7) is 0. The molecule has 0 aliphatic heterocycles. The van der Waals surface area contributed by atoms with Gasteiger partial charge < -0.3 is 4.90 Å². The molecule has 244 valence electrons. The van der Waals surface area contributed by atoms with Crippen LogP contribution in [0, 0.1) is 0 Å². The van der Waals surface area contributed by atoms with Gasteiger partial charge in [0.1, 0.15) is 0 Å². The summed E-state index contributed by atoms with van der Waals surface area (Å²) in [7, 11) is 0. The smallest absolute Gasteiger partial charge is 0.0640 e. The lowest BCUT2D eigenvalue weighted by atomic mass is 9.93. The minimum atomic E-state index is -0.287. The molecule has 10 aromatic rings. The third-order valence-electron chi connectivity index (χ3n) is 9.83. The van der Waals surface area contributed by atoms with E-state index >= 15 is 0 Å². The second-order valence-electron chi connectivity index (χ2n) is 12.8. The van der Waals surface area contributed by atoms with Crippen molar-refractivity contribution in [1.29, 1.82) is 0 Å². The van der Waals surface area contributed by atoms with Crippen LogP contribution in [0.4, 0.5) is 17.1 Å². The van der Waals surface area contributed by atoms with E-state index in [2.05, 4.69) is 114 Å². The third-order valence-corrected chi connectivity index (χ3v) is 11.0. The summed E-state index contributed by atoms with van der Waals surface area (Å²) in [4.78, 5) is 2.24. The zero-order valence-corrected chi connectivity index (χ0v) is 28.8. The number of thiophene rings is 1. The van der Waals surface area contributed by atoms with E-state index in [1.54, 1.807) is 11.3 Å². The molecule has 2 heteroatoms.